The number of carbonyl (C=O) groups excluding carboxylic acids is 1. The molecule has 0 spiro atoms. The average molecular weight is 307 g/mol. The quantitative estimate of drug-likeness (QED) is 0.712. The van der Waals surface area contributed by atoms with Crippen LogP contribution in [0, 0.1) is 0 Å². The number of nitrogens with zero attached hydrogens (tertiary/aromatic N) is 1. The Hall–Kier alpha value is -3.08. The van der Waals surface area contributed by atoms with Crippen LogP contribution in [-0.4, -0.2) is 23.0 Å². The lowest BCUT2D eigenvalue weighted by atomic mass is 10.2. The lowest BCUT2D eigenvalue weighted by Crippen LogP contribution is -2.20. The maximum Gasteiger partial charge on any atom is 0.244 e. The number of H-pyrrole nitrogens is 1. The first kappa shape index (κ1) is 14.8. The molecule has 0 aliphatic carbocycles. The third-order valence-electron chi connectivity index (χ3n) is 3.50. The van der Waals surface area contributed by atoms with Crippen molar-refractivity contribution >= 4 is 23.0 Å². The highest BCUT2D eigenvalue weighted by molar-refractivity contribution is 5.95. The Morgan fingerprint density at radius 2 is 2.26 bits per heavy atom. The van der Waals surface area contributed by atoms with Crippen LogP contribution in [0.4, 0.5) is 0 Å². The van der Waals surface area contributed by atoms with E-state index in [4.69, 9.17) is 4.74 Å². The lowest BCUT2D eigenvalue weighted by molar-refractivity contribution is -0.116. The molecule has 3 aromatic rings. The van der Waals surface area contributed by atoms with Gasteiger partial charge >= 0.3 is 0 Å². The van der Waals surface area contributed by atoms with Gasteiger partial charge < -0.3 is 15.0 Å². The minimum absolute atomic E-state index is 0.147. The molecule has 0 aliphatic rings. The van der Waals surface area contributed by atoms with Crippen LogP contribution in [0.3, 0.4) is 0 Å². The molecule has 0 fully saturated rings. The highest BCUT2D eigenvalue weighted by Crippen LogP contribution is 2.16. The number of rotatable bonds is 5. The molecule has 0 bridgehead atoms. The van der Waals surface area contributed by atoms with Crippen molar-refractivity contribution in [1.82, 2.24) is 15.3 Å². The second-order valence-corrected chi connectivity index (χ2v) is 5.05. The zero-order valence-corrected chi connectivity index (χ0v) is 12.7. The van der Waals surface area contributed by atoms with Gasteiger partial charge in [-0.15, -0.1) is 0 Å². The summed E-state index contributed by atoms with van der Waals surface area (Å²) in [5.41, 5.74) is 2.73. The van der Waals surface area contributed by atoms with Gasteiger partial charge in [-0.1, -0.05) is 12.1 Å². The summed E-state index contributed by atoms with van der Waals surface area (Å²) in [6.07, 6.45) is 6.87. The Morgan fingerprint density at radius 1 is 1.35 bits per heavy atom. The molecule has 2 heterocycles. The maximum absolute atomic E-state index is 11.9. The molecule has 2 aromatic heterocycles. The minimum Gasteiger partial charge on any atom is -0.497 e. The molecule has 116 valence electrons. The van der Waals surface area contributed by atoms with Gasteiger partial charge in [0.05, 0.1) is 7.11 Å². The summed E-state index contributed by atoms with van der Waals surface area (Å²) in [4.78, 5) is 19.2. The molecule has 1 aromatic carbocycles. The van der Waals surface area contributed by atoms with Crippen LogP contribution in [0.25, 0.3) is 17.1 Å². The third kappa shape index (κ3) is 3.58. The second-order valence-electron chi connectivity index (χ2n) is 5.05. The van der Waals surface area contributed by atoms with Crippen LogP contribution in [-0.2, 0) is 11.3 Å². The summed E-state index contributed by atoms with van der Waals surface area (Å²) < 4.78 is 5.16. The van der Waals surface area contributed by atoms with Gasteiger partial charge in [-0.2, -0.15) is 0 Å². The normalized spacial score (nSPS) is 11.0. The van der Waals surface area contributed by atoms with E-state index in [-0.39, 0.29) is 5.91 Å². The third-order valence-corrected chi connectivity index (χ3v) is 3.50. The Kier molecular flexibility index (Phi) is 4.38. The van der Waals surface area contributed by atoms with E-state index < -0.39 is 0 Å². The molecule has 2 N–H and O–H groups in total. The molecule has 0 atom stereocenters. The Bertz CT molecular complexity index is 852. The molecule has 1 amide bonds. The van der Waals surface area contributed by atoms with E-state index in [0.29, 0.717) is 6.54 Å². The molecule has 0 radical (unpaired) electrons. The first-order chi connectivity index (χ1) is 11.3. The van der Waals surface area contributed by atoms with Crippen molar-refractivity contribution in [2.45, 2.75) is 6.54 Å². The van der Waals surface area contributed by atoms with E-state index in [1.165, 1.54) is 6.08 Å². The van der Waals surface area contributed by atoms with Gasteiger partial charge in [0.15, 0.2) is 0 Å². The smallest absolute Gasteiger partial charge is 0.244 e. The number of aromatic amines is 1. The monoisotopic (exact) mass is 307 g/mol. The van der Waals surface area contributed by atoms with Crippen molar-refractivity contribution in [3.63, 3.8) is 0 Å². The zero-order chi connectivity index (χ0) is 16.1. The van der Waals surface area contributed by atoms with Gasteiger partial charge in [0.1, 0.15) is 11.4 Å². The molecule has 23 heavy (non-hydrogen) atoms. The predicted octanol–water partition coefficient (Wildman–Crippen LogP) is 2.90. The fourth-order valence-electron chi connectivity index (χ4n) is 2.31. The van der Waals surface area contributed by atoms with E-state index in [9.17, 15) is 4.79 Å². The minimum atomic E-state index is -0.147. The number of hydrogen-bond donors (Lipinski definition) is 2. The summed E-state index contributed by atoms with van der Waals surface area (Å²) >= 11 is 0. The van der Waals surface area contributed by atoms with Crippen LogP contribution in [0.5, 0.6) is 5.75 Å². The Labute approximate surface area is 134 Å². The van der Waals surface area contributed by atoms with E-state index in [1.807, 2.05) is 42.6 Å². The number of carbonyl (C=O) groups is 1. The molecule has 0 saturated heterocycles. The number of methoxy groups -OCH3 is 1. The predicted molar refractivity (Wildman–Crippen MR) is 90.0 cm³/mol. The van der Waals surface area contributed by atoms with E-state index >= 15 is 0 Å². The Balaban J connectivity index is 1.62. The van der Waals surface area contributed by atoms with Crippen LogP contribution in [0.1, 0.15) is 11.1 Å². The van der Waals surface area contributed by atoms with E-state index in [2.05, 4.69) is 15.3 Å². The van der Waals surface area contributed by atoms with Crippen LogP contribution in [0.15, 0.2) is 54.9 Å². The molecule has 0 saturated carbocycles. The van der Waals surface area contributed by atoms with Gasteiger partial charge in [0, 0.05) is 36.0 Å². The molecule has 0 aliphatic heterocycles. The fraction of sp³-hybridized carbons (Fsp3) is 0.111. The topological polar surface area (TPSA) is 67.0 Å². The molecule has 5 nitrogen and oxygen atoms in total. The van der Waals surface area contributed by atoms with Crippen LogP contribution in [0.2, 0.25) is 0 Å². The highest BCUT2D eigenvalue weighted by atomic mass is 16.5. The van der Waals surface area contributed by atoms with Crippen molar-refractivity contribution in [2.24, 2.45) is 0 Å². The molecular formula is C18H17N3O2. The van der Waals surface area contributed by atoms with Gasteiger partial charge in [-0.25, -0.2) is 4.98 Å². The SMILES string of the molecule is COc1cccc(CNC(=O)C=Cc2c[nH]c3ncccc23)c1. The standard InChI is InChI=1S/C18H17N3O2/c1-23-15-5-2-4-13(10-15)11-20-17(22)8-7-14-12-21-18-16(14)6-3-9-19-18/h2-10,12H,11H2,1H3,(H,19,21)(H,20,22). The highest BCUT2D eigenvalue weighted by Gasteiger charge is 2.02. The zero-order valence-electron chi connectivity index (χ0n) is 12.7. The summed E-state index contributed by atoms with van der Waals surface area (Å²) in [6, 6.07) is 11.4. The van der Waals surface area contributed by atoms with Gasteiger partial charge in [0.2, 0.25) is 5.91 Å². The summed E-state index contributed by atoms with van der Waals surface area (Å²) in [7, 11) is 1.62. The summed E-state index contributed by atoms with van der Waals surface area (Å²) in [5, 5.41) is 3.84. The number of pyridine rings is 1. The number of hydrogen-bond acceptors (Lipinski definition) is 3. The van der Waals surface area contributed by atoms with E-state index in [1.54, 1.807) is 19.4 Å². The number of aromatic nitrogens is 2. The first-order valence-corrected chi connectivity index (χ1v) is 7.27. The number of ether oxygens (including phenoxy) is 1. The summed E-state index contributed by atoms with van der Waals surface area (Å²) in [5.74, 6) is 0.629. The number of nitrogens with one attached hydrogen (secondary N) is 2. The van der Waals surface area contributed by atoms with Crippen molar-refractivity contribution in [2.75, 3.05) is 7.11 Å². The van der Waals surface area contributed by atoms with E-state index in [0.717, 1.165) is 27.9 Å². The van der Waals surface area contributed by atoms with Crippen molar-refractivity contribution < 1.29 is 9.53 Å². The maximum atomic E-state index is 11.9. The summed E-state index contributed by atoms with van der Waals surface area (Å²) in [6.45, 7) is 0.454. The van der Waals surface area contributed by atoms with Gasteiger partial charge in [-0.3, -0.25) is 4.79 Å². The van der Waals surface area contributed by atoms with Crippen molar-refractivity contribution in [1.29, 1.82) is 0 Å². The second kappa shape index (κ2) is 6.79. The van der Waals surface area contributed by atoms with Gasteiger partial charge in [-0.05, 0) is 35.9 Å². The molecule has 5 heteroatoms. The first-order valence-electron chi connectivity index (χ1n) is 7.27. The molecular weight excluding hydrogens is 290 g/mol. The largest absolute Gasteiger partial charge is 0.497 e. The van der Waals surface area contributed by atoms with Crippen molar-refractivity contribution in [3.8, 4) is 5.75 Å². The van der Waals surface area contributed by atoms with Crippen LogP contribution < -0.4 is 10.1 Å². The average Bonchev–Trinajstić information content (AvgIpc) is 3.01. The van der Waals surface area contributed by atoms with Crippen LogP contribution >= 0.6 is 0 Å². The number of fused-ring (bicyclic) bond motifs is 1. The fourth-order valence-corrected chi connectivity index (χ4v) is 2.31. The van der Waals surface area contributed by atoms with Gasteiger partial charge in [0.25, 0.3) is 0 Å². The Morgan fingerprint density at radius 3 is 3.13 bits per heavy atom. The molecule has 0 unspecified atom stereocenters. The number of benzene rings is 1. The molecule has 3 rings (SSSR count). The number of amides is 1. The lowest BCUT2D eigenvalue weighted by Gasteiger charge is -2.05. The van der Waals surface area contributed by atoms with Crippen molar-refractivity contribution in [3.05, 3.63) is 66.0 Å².